The van der Waals surface area contributed by atoms with Gasteiger partial charge in [0, 0.05) is 26.3 Å². The first-order valence-corrected chi connectivity index (χ1v) is 8.83. The average molecular weight is 311 g/mol. The van der Waals surface area contributed by atoms with Crippen molar-refractivity contribution in [2.24, 2.45) is 5.41 Å². The third kappa shape index (κ3) is 3.37. The molecule has 1 N–H and O–H groups in total. The fourth-order valence-corrected chi connectivity index (χ4v) is 4.45. The Morgan fingerprint density at radius 1 is 1.33 bits per heavy atom. The molecular weight excluding hydrogens is 286 g/mol. The van der Waals surface area contributed by atoms with Crippen LogP contribution in [0, 0.1) is 5.41 Å². The Labute approximate surface area is 127 Å². The quantitative estimate of drug-likeness (QED) is 0.928. The number of hydrogen-bond donors (Lipinski definition) is 1. The van der Waals surface area contributed by atoms with Crippen molar-refractivity contribution in [3.63, 3.8) is 0 Å². The van der Waals surface area contributed by atoms with Crippen LogP contribution in [0.25, 0.3) is 0 Å². The predicted octanol–water partition coefficient (Wildman–Crippen LogP) is 2.71. The summed E-state index contributed by atoms with van der Waals surface area (Å²) in [5.74, 6) is 0.403. The predicted molar refractivity (Wildman–Crippen MR) is 84.8 cm³/mol. The SMILES string of the molecule is CNc1ncccc1S(=O)(=O)N(C)C1CCC(C)(C)CC1. The molecule has 0 spiro atoms. The monoisotopic (exact) mass is 311 g/mol. The summed E-state index contributed by atoms with van der Waals surface area (Å²) in [4.78, 5) is 4.35. The van der Waals surface area contributed by atoms with E-state index >= 15 is 0 Å². The second-order valence-corrected chi connectivity index (χ2v) is 8.48. The highest BCUT2D eigenvalue weighted by Crippen LogP contribution is 2.38. The van der Waals surface area contributed by atoms with Crippen LogP contribution in [0.2, 0.25) is 0 Å². The molecule has 1 aromatic heterocycles. The fourth-order valence-electron chi connectivity index (χ4n) is 2.89. The van der Waals surface area contributed by atoms with Gasteiger partial charge in [0.25, 0.3) is 0 Å². The first-order chi connectivity index (χ1) is 9.78. The van der Waals surface area contributed by atoms with Crippen LogP contribution in [0.4, 0.5) is 5.82 Å². The van der Waals surface area contributed by atoms with Gasteiger partial charge < -0.3 is 5.32 Å². The molecule has 6 heteroatoms. The molecule has 2 rings (SSSR count). The molecule has 1 aliphatic carbocycles. The molecule has 0 aliphatic heterocycles. The number of hydrogen-bond acceptors (Lipinski definition) is 4. The van der Waals surface area contributed by atoms with Crippen molar-refractivity contribution in [3.05, 3.63) is 18.3 Å². The van der Waals surface area contributed by atoms with Gasteiger partial charge in [-0.15, -0.1) is 0 Å². The molecule has 1 aliphatic rings. The lowest BCUT2D eigenvalue weighted by molar-refractivity contribution is 0.174. The lowest BCUT2D eigenvalue weighted by Crippen LogP contribution is -2.41. The van der Waals surface area contributed by atoms with Crippen LogP contribution in [0.3, 0.4) is 0 Å². The van der Waals surface area contributed by atoms with Crippen LogP contribution in [-0.4, -0.2) is 37.8 Å². The highest BCUT2D eigenvalue weighted by Gasteiger charge is 2.35. The maximum atomic E-state index is 12.8. The van der Waals surface area contributed by atoms with E-state index in [1.54, 1.807) is 32.4 Å². The molecule has 118 valence electrons. The van der Waals surface area contributed by atoms with E-state index in [1.807, 2.05) is 0 Å². The summed E-state index contributed by atoms with van der Waals surface area (Å²) in [5.41, 5.74) is 0.325. The van der Waals surface area contributed by atoms with Gasteiger partial charge in [0.05, 0.1) is 0 Å². The number of anilines is 1. The number of rotatable bonds is 4. The second-order valence-electron chi connectivity index (χ2n) is 6.52. The molecule has 0 aromatic carbocycles. The lowest BCUT2D eigenvalue weighted by Gasteiger charge is -2.38. The summed E-state index contributed by atoms with van der Waals surface area (Å²) in [6, 6.07) is 3.34. The molecule has 0 saturated heterocycles. The van der Waals surface area contributed by atoms with Crippen LogP contribution in [0.1, 0.15) is 39.5 Å². The van der Waals surface area contributed by atoms with Crippen LogP contribution in [-0.2, 0) is 10.0 Å². The van der Waals surface area contributed by atoms with Crippen molar-refractivity contribution < 1.29 is 8.42 Å². The highest BCUT2D eigenvalue weighted by molar-refractivity contribution is 7.89. The Balaban J connectivity index is 2.23. The largest absolute Gasteiger partial charge is 0.372 e. The van der Waals surface area contributed by atoms with E-state index < -0.39 is 10.0 Å². The van der Waals surface area contributed by atoms with Crippen molar-refractivity contribution >= 4 is 15.8 Å². The molecule has 1 aromatic rings. The van der Waals surface area contributed by atoms with Crippen molar-refractivity contribution in [2.45, 2.75) is 50.5 Å². The smallest absolute Gasteiger partial charge is 0.246 e. The van der Waals surface area contributed by atoms with Gasteiger partial charge in [0.15, 0.2) is 0 Å². The van der Waals surface area contributed by atoms with E-state index in [9.17, 15) is 8.42 Å². The number of nitrogens with zero attached hydrogens (tertiary/aromatic N) is 2. The van der Waals surface area contributed by atoms with Crippen molar-refractivity contribution in [1.29, 1.82) is 0 Å². The molecule has 1 saturated carbocycles. The van der Waals surface area contributed by atoms with E-state index in [-0.39, 0.29) is 10.9 Å². The van der Waals surface area contributed by atoms with Gasteiger partial charge in [-0.25, -0.2) is 13.4 Å². The van der Waals surface area contributed by atoms with Gasteiger partial charge in [-0.05, 0) is 43.2 Å². The molecule has 0 amide bonds. The van der Waals surface area contributed by atoms with E-state index in [1.165, 1.54) is 4.31 Å². The van der Waals surface area contributed by atoms with Crippen LogP contribution >= 0.6 is 0 Å². The summed E-state index contributed by atoms with van der Waals surface area (Å²) in [6.45, 7) is 4.50. The number of nitrogens with one attached hydrogen (secondary N) is 1. The summed E-state index contributed by atoms with van der Waals surface area (Å²) in [5, 5.41) is 2.86. The molecular formula is C15H25N3O2S. The Kier molecular flexibility index (Phi) is 4.58. The van der Waals surface area contributed by atoms with Crippen molar-refractivity contribution in [3.8, 4) is 0 Å². The minimum Gasteiger partial charge on any atom is -0.372 e. The van der Waals surface area contributed by atoms with E-state index in [0.717, 1.165) is 25.7 Å². The second kappa shape index (κ2) is 5.93. The molecule has 0 unspecified atom stereocenters. The van der Waals surface area contributed by atoms with E-state index in [0.29, 0.717) is 11.2 Å². The molecule has 0 bridgehead atoms. The zero-order valence-corrected chi connectivity index (χ0v) is 14.1. The summed E-state index contributed by atoms with van der Waals surface area (Å²) in [6.07, 6.45) is 5.54. The first kappa shape index (κ1) is 16.2. The fraction of sp³-hybridized carbons (Fsp3) is 0.667. The topological polar surface area (TPSA) is 62.3 Å². The Hall–Kier alpha value is -1.14. The zero-order valence-electron chi connectivity index (χ0n) is 13.3. The third-order valence-corrected chi connectivity index (χ3v) is 6.43. The summed E-state index contributed by atoms with van der Waals surface area (Å²) >= 11 is 0. The van der Waals surface area contributed by atoms with Crippen molar-refractivity contribution in [2.75, 3.05) is 19.4 Å². The third-order valence-electron chi connectivity index (χ3n) is 4.49. The van der Waals surface area contributed by atoms with Gasteiger partial charge in [-0.1, -0.05) is 13.8 Å². The lowest BCUT2D eigenvalue weighted by atomic mass is 9.76. The van der Waals surface area contributed by atoms with E-state index in [2.05, 4.69) is 24.1 Å². The maximum Gasteiger partial charge on any atom is 0.246 e. The molecule has 5 nitrogen and oxygen atoms in total. The van der Waals surface area contributed by atoms with Gasteiger partial charge in [-0.2, -0.15) is 4.31 Å². The maximum absolute atomic E-state index is 12.8. The number of pyridine rings is 1. The normalized spacial score (nSPS) is 19.7. The average Bonchev–Trinajstić information content (AvgIpc) is 2.46. The molecule has 1 heterocycles. The van der Waals surface area contributed by atoms with Gasteiger partial charge in [0.2, 0.25) is 10.0 Å². The minimum atomic E-state index is -3.51. The van der Waals surface area contributed by atoms with Gasteiger partial charge in [0.1, 0.15) is 10.7 Å². The minimum absolute atomic E-state index is 0.0768. The molecule has 0 radical (unpaired) electrons. The standard InChI is InChI=1S/C15H25N3O2S/c1-15(2)9-7-12(8-10-15)18(4)21(19,20)13-6-5-11-17-14(13)16-3/h5-6,11-12H,7-10H2,1-4H3,(H,16,17). The van der Waals surface area contributed by atoms with Crippen LogP contribution < -0.4 is 5.32 Å². The van der Waals surface area contributed by atoms with Crippen LogP contribution in [0.15, 0.2) is 23.2 Å². The van der Waals surface area contributed by atoms with Gasteiger partial charge in [-0.3, -0.25) is 0 Å². The molecule has 0 atom stereocenters. The number of sulfonamides is 1. The highest BCUT2D eigenvalue weighted by atomic mass is 32.2. The Morgan fingerprint density at radius 2 is 1.95 bits per heavy atom. The zero-order chi connectivity index (χ0) is 15.7. The Morgan fingerprint density at radius 3 is 2.52 bits per heavy atom. The van der Waals surface area contributed by atoms with Crippen molar-refractivity contribution in [1.82, 2.24) is 9.29 Å². The summed E-state index contributed by atoms with van der Waals surface area (Å²) < 4.78 is 27.2. The molecule has 21 heavy (non-hydrogen) atoms. The van der Waals surface area contributed by atoms with E-state index in [4.69, 9.17) is 0 Å². The Bertz CT molecular complexity index is 589. The summed E-state index contributed by atoms with van der Waals surface area (Å²) in [7, 11) is -0.140. The van der Waals surface area contributed by atoms with Gasteiger partial charge >= 0.3 is 0 Å². The molecule has 1 fully saturated rings. The van der Waals surface area contributed by atoms with Crippen LogP contribution in [0.5, 0.6) is 0 Å². The number of aromatic nitrogens is 1. The first-order valence-electron chi connectivity index (χ1n) is 7.39.